The van der Waals surface area contributed by atoms with Crippen molar-refractivity contribution in [1.82, 2.24) is 0 Å². The Morgan fingerprint density at radius 3 is 2.72 bits per heavy atom. The fourth-order valence-electron chi connectivity index (χ4n) is 6.48. The molecule has 4 aliphatic carbocycles. The van der Waals surface area contributed by atoms with Crippen LogP contribution in [-0.4, -0.2) is 22.6 Å². The van der Waals surface area contributed by atoms with E-state index in [0.717, 1.165) is 31.3 Å². The normalized spacial score (nSPS) is 42.9. The van der Waals surface area contributed by atoms with Crippen molar-refractivity contribution in [3.8, 4) is 0 Å². The van der Waals surface area contributed by atoms with Crippen molar-refractivity contribution < 1.29 is 19.5 Å². The Morgan fingerprint density at radius 1 is 1.24 bits per heavy atom. The number of ketones is 2. The van der Waals surface area contributed by atoms with Crippen LogP contribution in [0.1, 0.15) is 58.8 Å². The molecule has 1 N–H and O–H groups in total. The van der Waals surface area contributed by atoms with Crippen LogP contribution >= 0.6 is 0 Å². The summed E-state index contributed by atoms with van der Waals surface area (Å²) in [5.74, 6) is 0.338. The van der Waals surface area contributed by atoms with Crippen LogP contribution in [-0.2, 0) is 14.4 Å². The average molecular weight is 342 g/mol. The molecule has 4 heteroatoms. The lowest BCUT2D eigenvalue weighted by Crippen LogP contribution is -2.54. The second-order valence-electron chi connectivity index (χ2n) is 8.94. The van der Waals surface area contributed by atoms with Gasteiger partial charge >= 0.3 is 5.97 Å². The van der Waals surface area contributed by atoms with Crippen LogP contribution < -0.4 is 0 Å². The van der Waals surface area contributed by atoms with Crippen LogP contribution in [0.15, 0.2) is 23.3 Å². The highest BCUT2D eigenvalue weighted by Gasteiger charge is 2.60. The monoisotopic (exact) mass is 342 g/mol. The van der Waals surface area contributed by atoms with Gasteiger partial charge in [0.2, 0.25) is 0 Å². The number of rotatable bonds is 2. The number of fused-ring (bicyclic) bond motifs is 5. The van der Waals surface area contributed by atoms with Gasteiger partial charge in [-0.15, -0.1) is 0 Å². The van der Waals surface area contributed by atoms with Gasteiger partial charge in [0.1, 0.15) is 5.78 Å². The minimum absolute atomic E-state index is 0.00347. The molecule has 0 aliphatic heterocycles. The summed E-state index contributed by atoms with van der Waals surface area (Å²) in [6.45, 7) is 4.29. The van der Waals surface area contributed by atoms with Gasteiger partial charge in [-0.25, -0.2) is 0 Å². The van der Waals surface area contributed by atoms with E-state index in [2.05, 4.69) is 19.9 Å². The average Bonchev–Trinajstić information content (AvgIpc) is 2.83. The van der Waals surface area contributed by atoms with Crippen LogP contribution in [0.25, 0.3) is 0 Å². The smallest absolute Gasteiger partial charge is 0.307 e. The van der Waals surface area contributed by atoms with Gasteiger partial charge in [0.15, 0.2) is 5.78 Å². The van der Waals surface area contributed by atoms with Crippen molar-refractivity contribution in [2.45, 2.75) is 58.8 Å². The molecular formula is C21H26O4. The number of carbonyl (C=O) groups is 3. The quantitative estimate of drug-likeness (QED) is 0.777. The zero-order chi connectivity index (χ0) is 18.0. The van der Waals surface area contributed by atoms with Gasteiger partial charge in [-0.3, -0.25) is 14.4 Å². The molecule has 0 aromatic heterocycles. The first-order valence-electron chi connectivity index (χ1n) is 9.43. The van der Waals surface area contributed by atoms with Gasteiger partial charge in [-0.05, 0) is 54.4 Å². The number of carboxylic acid groups (broad SMARTS) is 1. The van der Waals surface area contributed by atoms with E-state index in [1.165, 1.54) is 5.57 Å². The van der Waals surface area contributed by atoms with Crippen molar-refractivity contribution in [2.75, 3.05) is 0 Å². The van der Waals surface area contributed by atoms with Crippen molar-refractivity contribution in [3.63, 3.8) is 0 Å². The minimum Gasteiger partial charge on any atom is -0.481 e. The lowest BCUT2D eigenvalue weighted by atomic mass is 9.46. The largest absolute Gasteiger partial charge is 0.481 e. The van der Waals surface area contributed by atoms with Crippen molar-refractivity contribution in [3.05, 3.63) is 23.3 Å². The van der Waals surface area contributed by atoms with Gasteiger partial charge in [-0.1, -0.05) is 31.1 Å². The molecule has 2 fully saturated rings. The maximum absolute atomic E-state index is 13.3. The van der Waals surface area contributed by atoms with E-state index in [1.54, 1.807) is 0 Å². The maximum Gasteiger partial charge on any atom is 0.307 e. The third kappa shape index (κ3) is 2.29. The molecule has 0 aromatic rings. The summed E-state index contributed by atoms with van der Waals surface area (Å²) >= 11 is 0. The highest BCUT2D eigenvalue weighted by molar-refractivity contribution is 5.93. The lowest BCUT2D eigenvalue weighted by molar-refractivity contribution is -0.144. The number of Topliss-reactive ketones (excluding diaryl/α,β-unsaturated/α-hetero) is 1. The van der Waals surface area contributed by atoms with Crippen molar-refractivity contribution >= 4 is 17.5 Å². The fraction of sp³-hybridized carbons (Fsp3) is 0.667. The van der Waals surface area contributed by atoms with Crippen LogP contribution in [0.4, 0.5) is 0 Å². The summed E-state index contributed by atoms with van der Waals surface area (Å²) in [5, 5.41) is 9.23. The van der Waals surface area contributed by atoms with Crippen molar-refractivity contribution in [1.29, 1.82) is 0 Å². The van der Waals surface area contributed by atoms with Crippen LogP contribution in [0.3, 0.4) is 0 Å². The van der Waals surface area contributed by atoms with Gasteiger partial charge in [-0.2, -0.15) is 0 Å². The minimum atomic E-state index is -0.811. The zero-order valence-corrected chi connectivity index (χ0v) is 15.0. The summed E-state index contributed by atoms with van der Waals surface area (Å²) in [6, 6.07) is 0. The molecule has 0 saturated heterocycles. The van der Waals surface area contributed by atoms with Gasteiger partial charge < -0.3 is 5.11 Å². The Labute approximate surface area is 148 Å². The molecule has 4 rings (SSSR count). The molecule has 0 aromatic carbocycles. The Hall–Kier alpha value is -1.71. The van der Waals surface area contributed by atoms with Crippen LogP contribution in [0.5, 0.6) is 0 Å². The van der Waals surface area contributed by atoms with E-state index < -0.39 is 5.97 Å². The highest BCUT2D eigenvalue weighted by atomic mass is 16.4. The number of allylic oxidation sites excluding steroid dienone is 3. The fourth-order valence-corrected chi connectivity index (χ4v) is 6.48. The predicted molar refractivity (Wildman–Crippen MR) is 92.8 cm³/mol. The second kappa shape index (κ2) is 5.39. The van der Waals surface area contributed by atoms with E-state index in [-0.39, 0.29) is 34.7 Å². The number of hydrogen-bond acceptors (Lipinski definition) is 3. The first-order valence-corrected chi connectivity index (χ1v) is 9.43. The number of carbonyl (C=O) groups excluding carboxylic acids is 2. The standard InChI is InChI=1S/C21H26O4/c1-20-8-7-14(22)9-12(20)3-5-15-16-6-4-13(10-18(24)25)21(16,2)11-17(23)19(15)20/h4,9,15-16,19H,3,5-8,10-11H2,1-2H3,(H,24,25)/t15-,16+,19+,20+,21-/m1/s1. The molecule has 0 unspecified atom stereocenters. The number of aliphatic carboxylic acids is 1. The highest BCUT2D eigenvalue weighted by Crippen LogP contribution is 2.64. The predicted octanol–water partition coefficient (Wildman–Crippen LogP) is 3.71. The molecule has 134 valence electrons. The first kappa shape index (κ1) is 16.7. The third-order valence-electron chi connectivity index (χ3n) is 7.74. The van der Waals surface area contributed by atoms with Crippen LogP contribution in [0, 0.1) is 28.6 Å². The molecule has 0 radical (unpaired) electrons. The Balaban J connectivity index is 1.70. The van der Waals surface area contributed by atoms with Gasteiger partial charge in [0.05, 0.1) is 6.42 Å². The summed E-state index contributed by atoms with van der Waals surface area (Å²) in [4.78, 5) is 36.4. The lowest BCUT2D eigenvalue weighted by Gasteiger charge is -2.56. The Bertz CT molecular complexity index is 730. The van der Waals surface area contributed by atoms with E-state index >= 15 is 0 Å². The molecule has 0 spiro atoms. The topological polar surface area (TPSA) is 71.4 Å². The molecule has 4 nitrogen and oxygen atoms in total. The SMILES string of the molecule is C[C@]12CCC(=O)C=C1CC[C@H]1[C@H]2C(=O)C[C@]2(C)C(CC(=O)O)=CC[C@@H]12. The Morgan fingerprint density at radius 2 is 2.00 bits per heavy atom. The summed E-state index contributed by atoms with van der Waals surface area (Å²) in [5.41, 5.74) is 1.66. The molecule has 4 aliphatic rings. The second-order valence-corrected chi connectivity index (χ2v) is 8.94. The van der Waals surface area contributed by atoms with E-state index in [0.29, 0.717) is 24.7 Å². The molecule has 0 heterocycles. The van der Waals surface area contributed by atoms with Crippen molar-refractivity contribution in [2.24, 2.45) is 28.6 Å². The van der Waals surface area contributed by atoms with Crippen LogP contribution in [0.2, 0.25) is 0 Å². The third-order valence-corrected chi connectivity index (χ3v) is 7.74. The van der Waals surface area contributed by atoms with E-state index in [1.807, 2.05) is 6.08 Å². The molecule has 0 amide bonds. The Kier molecular flexibility index (Phi) is 3.61. The number of hydrogen-bond donors (Lipinski definition) is 1. The molecule has 2 saturated carbocycles. The summed E-state index contributed by atoms with van der Waals surface area (Å²) in [6.07, 6.45) is 8.46. The maximum atomic E-state index is 13.3. The summed E-state index contributed by atoms with van der Waals surface area (Å²) < 4.78 is 0. The van der Waals surface area contributed by atoms with E-state index in [4.69, 9.17) is 0 Å². The van der Waals surface area contributed by atoms with E-state index in [9.17, 15) is 19.5 Å². The number of carboxylic acids is 1. The zero-order valence-electron chi connectivity index (χ0n) is 15.0. The van der Waals surface area contributed by atoms with Gasteiger partial charge in [0, 0.05) is 18.8 Å². The molecular weight excluding hydrogens is 316 g/mol. The molecule has 25 heavy (non-hydrogen) atoms. The molecule has 0 bridgehead atoms. The molecule has 5 atom stereocenters. The first-order chi connectivity index (χ1) is 11.8. The van der Waals surface area contributed by atoms with Gasteiger partial charge in [0.25, 0.3) is 0 Å². The summed E-state index contributed by atoms with van der Waals surface area (Å²) in [7, 11) is 0.